The number of benzene rings is 2. The van der Waals surface area contributed by atoms with E-state index in [9.17, 15) is 5.11 Å². The Labute approximate surface area is 166 Å². The molecule has 0 fully saturated rings. The molecule has 0 bridgehead atoms. The van der Waals surface area contributed by atoms with Gasteiger partial charge in [0, 0.05) is 6.42 Å². The van der Waals surface area contributed by atoms with Gasteiger partial charge in [0.1, 0.15) is 11.4 Å². The number of quaternary nitrogens is 2. The molecule has 1 atom stereocenters. The Morgan fingerprint density at radius 1 is 0.704 bits per heavy atom. The third kappa shape index (κ3) is 6.17. The normalized spacial score (nSPS) is 14.8. The zero-order valence-electron chi connectivity index (χ0n) is 18.3. The van der Waals surface area contributed by atoms with Crippen LogP contribution in [0, 0.1) is 0 Å². The largest absolute Gasteiger partial charge is 0.390 e. The van der Waals surface area contributed by atoms with Crippen LogP contribution < -0.4 is 8.97 Å². The highest BCUT2D eigenvalue weighted by atomic mass is 16.3. The van der Waals surface area contributed by atoms with Crippen LogP contribution in [0.25, 0.3) is 0 Å². The molecule has 1 N–H and O–H groups in total. The molecule has 2 aromatic rings. The van der Waals surface area contributed by atoms with Crippen molar-refractivity contribution in [3.8, 4) is 0 Å². The second-order valence-electron chi connectivity index (χ2n) is 9.61. The van der Waals surface area contributed by atoms with E-state index in [4.69, 9.17) is 0 Å². The van der Waals surface area contributed by atoms with Gasteiger partial charge in [0.25, 0.3) is 0 Å². The van der Waals surface area contributed by atoms with Crippen LogP contribution in [-0.4, -0.2) is 53.0 Å². The van der Waals surface area contributed by atoms with Crippen LogP contribution in [0.3, 0.4) is 0 Å². The van der Waals surface area contributed by atoms with Crippen molar-refractivity contribution in [2.75, 3.05) is 42.3 Å². The fraction of sp³-hybridized carbons (Fsp3) is 0.500. The summed E-state index contributed by atoms with van der Waals surface area (Å²) in [6, 6.07) is 17.5. The van der Waals surface area contributed by atoms with Gasteiger partial charge in [-0.25, -0.2) is 0 Å². The second-order valence-corrected chi connectivity index (χ2v) is 9.61. The molecular weight excluding hydrogens is 332 g/mol. The number of hydrogen-bond donors (Lipinski definition) is 1. The van der Waals surface area contributed by atoms with Gasteiger partial charge in [-0.2, -0.15) is 0 Å². The number of hydrogen-bond acceptors (Lipinski definition) is 1. The van der Waals surface area contributed by atoms with E-state index in [2.05, 4.69) is 97.7 Å². The van der Waals surface area contributed by atoms with Crippen molar-refractivity contribution in [3.05, 3.63) is 59.7 Å². The maximum Gasteiger partial charge on any atom is 0.132 e. The molecule has 0 aliphatic rings. The maximum atomic E-state index is 11.1. The van der Waals surface area contributed by atoms with Crippen LogP contribution >= 0.6 is 0 Å². The molecule has 0 aliphatic heterocycles. The van der Waals surface area contributed by atoms with Crippen molar-refractivity contribution in [2.24, 2.45) is 0 Å². The molecule has 2 rings (SSSR count). The first-order chi connectivity index (χ1) is 12.4. The summed E-state index contributed by atoms with van der Waals surface area (Å²) in [7, 11) is 13.0. The highest BCUT2D eigenvalue weighted by molar-refractivity contribution is 5.44. The molecule has 0 amide bonds. The summed E-state index contributed by atoms with van der Waals surface area (Å²) in [6.45, 7) is 2.08. The molecule has 27 heavy (non-hydrogen) atoms. The van der Waals surface area contributed by atoms with Gasteiger partial charge in [0.2, 0.25) is 0 Å². The number of nitrogens with zero attached hydrogens (tertiary/aromatic N) is 2. The topological polar surface area (TPSA) is 20.2 Å². The van der Waals surface area contributed by atoms with Gasteiger partial charge in [-0.15, -0.1) is 0 Å². The van der Waals surface area contributed by atoms with Gasteiger partial charge < -0.3 is 5.11 Å². The first-order valence-electron chi connectivity index (χ1n) is 9.97. The van der Waals surface area contributed by atoms with Crippen LogP contribution in [0.4, 0.5) is 11.4 Å². The van der Waals surface area contributed by atoms with E-state index in [1.165, 1.54) is 22.5 Å². The lowest BCUT2D eigenvalue weighted by atomic mass is 9.86. The zero-order valence-corrected chi connectivity index (χ0v) is 18.3. The summed E-state index contributed by atoms with van der Waals surface area (Å²) in [5.74, 6) is 0. The summed E-state index contributed by atoms with van der Waals surface area (Å²) in [6.07, 6.45) is 3.15. The molecule has 0 saturated heterocycles. The van der Waals surface area contributed by atoms with Crippen molar-refractivity contribution < 1.29 is 5.11 Å². The van der Waals surface area contributed by atoms with Gasteiger partial charge in [0.15, 0.2) is 0 Å². The van der Waals surface area contributed by atoms with Crippen molar-refractivity contribution in [2.45, 2.75) is 38.2 Å². The fourth-order valence-corrected chi connectivity index (χ4v) is 3.32. The van der Waals surface area contributed by atoms with E-state index in [0.29, 0.717) is 6.42 Å². The molecule has 2 aromatic carbocycles. The molecule has 0 radical (unpaired) electrons. The molecule has 1 unspecified atom stereocenters. The standard InChI is InChI=1S/C24H38N2O/c1-8-24(27,19-21-11-15-23(16-12-21)26(5,6)7)18-17-20-9-13-22(14-10-20)25(2,3)4/h9-16,27H,8,17-19H2,1-7H3/q+2. The van der Waals surface area contributed by atoms with Gasteiger partial charge in [-0.3, -0.25) is 8.97 Å². The minimum absolute atomic E-state index is 0.656. The van der Waals surface area contributed by atoms with Crippen molar-refractivity contribution in [3.63, 3.8) is 0 Å². The summed E-state index contributed by atoms with van der Waals surface area (Å²) in [5.41, 5.74) is 4.41. The van der Waals surface area contributed by atoms with Crippen LogP contribution in [0.2, 0.25) is 0 Å². The van der Waals surface area contributed by atoms with Crippen LogP contribution in [0.1, 0.15) is 30.9 Å². The van der Waals surface area contributed by atoms with Gasteiger partial charge in [0.05, 0.1) is 47.9 Å². The second kappa shape index (κ2) is 8.14. The lowest BCUT2D eigenvalue weighted by molar-refractivity contribution is 0.0280. The Bertz CT molecular complexity index is 721. The van der Waals surface area contributed by atoms with Gasteiger partial charge in [-0.05, 0) is 54.7 Å². The Hall–Kier alpha value is -1.68. The van der Waals surface area contributed by atoms with Crippen molar-refractivity contribution in [1.29, 1.82) is 0 Å². The van der Waals surface area contributed by atoms with E-state index in [-0.39, 0.29) is 0 Å². The molecule has 0 aromatic heterocycles. The summed E-state index contributed by atoms with van der Waals surface area (Å²) in [4.78, 5) is 0. The molecule has 0 aliphatic carbocycles. The first kappa shape index (κ1) is 21.6. The lowest BCUT2D eigenvalue weighted by Crippen LogP contribution is -2.35. The van der Waals surface area contributed by atoms with Crippen LogP contribution in [0.15, 0.2) is 48.5 Å². The molecular formula is C24H38N2O+2. The third-order valence-corrected chi connectivity index (χ3v) is 5.49. The van der Waals surface area contributed by atoms with Crippen molar-refractivity contribution in [1.82, 2.24) is 8.97 Å². The number of aliphatic hydroxyl groups is 1. The molecule has 0 spiro atoms. The van der Waals surface area contributed by atoms with E-state index >= 15 is 0 Å². The van der Waals surface area contributed by atoms with E-state index in [1.807, 2.05) is 0 Å². The SMILES string of the molecule is CCC(O)(CCc1ccc([N+](C)(C)C)cc1)Cc1ccc([N+](C)(C)C)cc1. The minimum atomic E-state index is -0.656. The lowest BCUT2D eigenvalue weighted by Gasteiger charge is -2.28. The predicted octanol–water partition coefficient (Wildman–Crippen LogP) is 4.40. The van der Waals surface area contributed by atoms with Gasteiger partial charge >= 0.3 is 0 Å². The minimum Gasteiger partial charge on any atom is -0.390 e. The van der Waals surface area contributed by atoms with E-state index in [1.54, 1.807) is 0 Å². The zero-order chi connectivity index (χ0) is 20.3. The Morgan fingerprint density at radius 3 is 1.48 bits per heavy atom. The van der Waals surface area contributed by atoms with E-state index in [0.717, 1.165) is 28.2 Å². The molecule has 0 heterocycles. The molecule has 3 nitrogen and oxygen atoms in total. The monoisotopic (exact) mass is 370 g/mol. The average Bonchev–Trinajstić information content (AvgIpc) is 2.59. The molecule has 3 heteroatoms. The highest BCUT2D eigenvalue weighted by Gasteiger charge is 2.25. The Morgan fingerprint density at radius 2 is 1.11 bits per heavy atom. The Kier molecular flexibility index (Phi) is 6.51. The van der Waals surface area contributed by atoms with Crippen LogP contribution in [0.5, 0.6) is 0 Å². The maximum absolute atomic E-state index is 11.1. The average molecular weight is 371 g/mol. The Balaban J connectivity index is 2.02. The summed E-state index contributed by atoms with van der Waals surface area (Å²) >= 11 is 0. The summed E-state index contributed by atoms with van der Waals surface area (Å²) in [5, 5.41) is 11.1. The van der Waals surface area contributed by atoms with E-state index < -0.39 is 5.60 Å². The molecule has 0 saturated carbocycles. The van der Waals surface area contributed by atoms with Crippen molar-refractivity contribution >= 4 is 11.4 Å². The third-order valence-electron chi connectivity index (χ3n) is 5.49. The predicted molar refractivity (Wildman–Crippen MR) is 119 cm³/mol. The smallest absolute Gasteiger partial charge is 0.132 e. The number of rotatable bonds is 8. The highest BCUT2D eigenvalue weighted by Crippen LogP contribution is 2.26. The molecule has 148 valence electrons. The summed E-state index contributed by atoms with van der Waals surface area (Å²) < 4.78 is 1.63. The van der Waals surface area contributed by atoms with Crippen LogP contribution in [-0.2, 0) is 12.8 Å². The quantitative estimate of drug-likeness (QED) is 0.683. The number of aryl methyl sites for hydroxylation is 1. The van der Waals surface area contributed by atoms with Gasteiger partial charge in [-0.1, -0.05) is 31.2 Å². The first-order valence-corrected chi connectivity index (χ1v) is 9.97. The fourth-order valence-electron chi connectivity index (χ4n) is 3.32.